The Morgan fingerprint density at radius 2 is 1.42 bits per heavy atom. The molecule has 8 nitrogen and oxygen atoms in total. The fourth-order valence-corrected chi connectivity index (χ4v) is 2.85. The average molecular weight is 453 g/mol. The zero-order valence-electron chi connectivity index (χ0n) is 18.5. The molecule has 33 heavy (non-hydrogen) atoms. The molecule has 0 aromatic heterocycles. The molecule has 0 unspecified atom stereocenters. The number of hydrogen-bond acceptors (Lipinski definition) is 6. The number of methoxy groups -OCH3 is 2. The molecule has 0 bridgehead atoms. The van der Waals surface area contributed by atoms with Gasteiger partial charge in [0.15, 0.2) is 11.5 Å². The van der Waals surface area contributed by atoms with Crippen LogP contribution in [-0.4, -0.2) is 42.9 Å². The van der Waals surface area contributed by atoms with Crippen LogP contribution in [0, 0.1) is 0 Å². The fraction of sp³-hybridized carbons (Fsp3) is 0.200. The van der Waals surface area contributed by atoms with Crippen molar-refractivity contribution in [2.75, 3.05) is 20.8 Å². The van der Waals surface area contributed by atoms with Crippen LogP contribution in [0.3, 0.4) is 0 Å². The van der Waals surface area contributed by atoms with Crippen LogP contribution in [0.1, 0.15) is 11.1 Å². The Labute approximate surface area is 192 Å². The highest BCUT2D eigenvalue weighted by molar-refractivity contribution is 6.27. The molecule has 3 aromatic carbocycles. The minimum absolute atomic E-state index is 0.754. The van der Waals surface area contributed by atoms with E-state index in [0.717, 1.165) is 42.5 Å². The molecule has 8 heteroatoms. The highest BCUT2D eigenvalue weighted by Crippen LogP contribution is 2.27. The maximum atomic E-state index is 9.10. The minimum Gasteiger partial charge on any atom is -0.493 e. The molecular formula is C25H27NO7. The maximum Gasteiger partial charge on any atom is 0.414 e. The first-order valence-electron chi connectivity index (χ1n) is 10.1. The van der Waals surface area contributed by atoms with Gasteiger partial charge in [-0.3, -0.25) is 0 Å². The lowest BCUT2D eigenvalue weighted by Crippen LogP contribution is -2.16. The first-order chi connectivity index (χ1) is 15.9. The third kappa shape index (κ3) is 8.92. The molecule has 0 fully saturated rings. The highest BCUT2D eigenvalue weighted by Gasteiger charge is 2.05. The van der Waals surface area contributed by atoms with E-state index in [4.69, 9.17) is 34.0 Å². The van der Waals surface area contributed by atoms with Crippen LogP contribution in [0.15, 0.2) is 72.8 Å². The van der Waals surface area contributed by atoms with Gasteiger partial charge in [-0.25, -0.2) is 9.59 Å². The van der Waals surface area contributed by atoms with Gasteiger partial charge in [0.1, 0.15) is 11.5 Å². The van der Waals surface area contributed by atoms with Crippen LogP contribution in [-0.2, 0) is 22.6 Å². The molecule has 0 aliphatic rings. The van der Waals surface area contributed by atoms with Gasteiger partial charge in [-0.2, -0.15) is 0 Å². The predicted molar refractivity (Wildman–Crippen MR) is 123 cm³/mol. The third-order valence-corrected chi connectivity index (χ3v) is 4.43. The molecule has 0 saturated heterocycles. The van der Waals surface area contributed by atoms with Crippen LogP contribution in [0.5, 0.6) is 23.0 Å². The smallest absolute Gasteiger partial charge is 0.414 e. The minimum atomic E-state index is -1.82. The van der Waals surface area contributed by atoms with Gasteiger partial charge >= 0.3 is 11.9 Å². The van der Waals surface area contributed by atoms with Crippen molar-refractivity contribution in [3.63, 3.8) is 0 Å². The largest absolute Gasteiger partial charge is 0.493 e. The van der Waals surface area contributed by atoms with Crippen molar-refractivity contribution in [2.24, 2.45) is 0 Å². The zero-order chi connectivity index (χ0) is 24.1. The Morgan fingerprint density at radius 1 is 0.758 bits per heavy atom. The summed E-state index contributed by atoms with van der Waals surface area (Å²) in [6.07, 6.45) is 0.917. The second-order valence-corrected chi connectivity index (χ2v) is 6.79. The van der Waals surface area contributed by atoms with Gasteiger partial charge in [0.2, 0.25) is 0 Å². The summed E-state index contributed by atoms with van der Waals surface area (Å²) >= 11 is 0. The molecular weight excluding hydrogens is 426 g/mol. The number of ether oxygens (including phenoxy) is 3. The first-order valence-corrected chi connectivity index (χ1v) is 10.1. The number of nitrogens with one attached hydrogen (secondary N) is 1. The lowest BCUT2D eigenvalue weighted by atomic mass is 10.1. The van der Waals surface area contributed by atoms with Gasteiger partial charge in [0.05, 0.1) is 14.2 Å². The summed E-state index contributed by atoms with van der Waals surface area (Å²) in [7, 11) is 3.30. The molecule has 0 saturated carbocycles. The van der Waals surface area contributed by atoms with Crippen molar-refractivity contribution in [2.45, 2.75) is 13.0 Å². The van der Waals surface area contributed by atoms with Crippen LogP contribution in [0.4, 0.5) is 0 Å². The number of benzene rings is 3. The fourth-order valence-electron chi connectivity index (χ4n) is 2.85. The van der Waals surface area contributed by atoms with E-state index in [1.807, 2.05) is 54.6 Å². The van der Waals surface area contributed by atoms with Crippen LogP contribution >= 0.6 is 0 Å². The number of rotatable bonds is 9. The molecule has 0 radical (unpaired) electrons. The predicted octanol–water partition coefficient (Wildman–Crippen LogP) is 3.98. The topological polar surface area (TPSA) is 114 Å². The number of carbonyl (C=O) groups is 2. The van der Waals surface area contributed by atoms with Crippen molar-refractivity contribution in [1.82, 2.24) is 5.32 Å². The van der Waals surface area contributed by atoms with Gasteiger partial charge in [-0.1, -0.05) is 36.4 Å². The summed E-state index contributed by atoms with van der Waals surface area (Å²) < 4.78 is 16.5. The van der Waals surface area contributed by atoms with Gasteiger partial charge in [-0.15, -0.1) is 0 Å². The third-order valence-electron chi connectivity index (χ3n) is 4.43. The molecule has 3 aromatic rings. The van der Waals surface area contributed by atoms with Gasteiger partial charge in [-0.05, 0) is 60.5 Å². The van der Waals surface area contributed by atoms with E-state index in [0.29, 0.717) is 0 Å². The monoisotopic (exact) mass is 453 g/mol. The van der Waals surface area contributed by atoms with E-state index < -0.39 is 11.9 Å². The molecule has 0 spiro atoms. The van der Waals surface area contributed by atoms with E-state index in [1.165, 1.54) is 11.1 Å². The number of carboxylic acid groups (broad SMARTS) is 2. The molecule has 3 N–H and O–H groups in total. The molecule has 0 amide bonds. The number of hydrogen-bond donors (Lipinski definition) is 3. The van der Waals surface area contributed by atoms with Crippen molar-refractivity contribution < 1.29 is 34.0 Å². The summed E-state index contributed by atoms with van der Waals surface area (Å²) in [4.78, 5) is 18.2. The maximum absolute atomic E-state index is 9.10. The van der Waals surface area contributed by atoms with Crippen molar-refractivity contribution in [3.8, 4) is 23.0 Å². The average Bonchev–Trinajstić information content (AvgIpc) is 2.83. The number of carboxylic acids is 2. The number of aliphatic carboxylic acids is 2. The van der Waals surface area contributed by atoms with Crippen molar-refractivity contribution in [1.29, 1.82) is 0 Å². The molecule has 174 valence electrons. The van der Waals surface area contributed by atoms with E-state index in [9.17, 15) is 0 Å². The summed E-state index contributed by atoms with van der Waals surface area (Å²) in [6.45, 7) is 1.67. The lowest BCUT2D eigenvalue weighted by Gasteiger charge is -2.11. The van der Waals surface area contributed by atoms with Crippen LogP contribution < -0.4 is 19.5 Å². The van der Waals surface area contributed by atoms with E-state index >= 15 is 0 Å². The van der Waals surface area contributed by atoms with E-state index in [1.54, 1.807) is 14.2 Å². The van der Waals surface area contributed by atoms with Crippen molar-refractivity contribution >= 4 is 11.9 Å². The lowest BCUT2D eigenvalue weighted by molar-refractivity contribution is -0.159. The summed E-state index contributed by atoms with van der Waals surface area (Å²) in [5.41, 5.74) is 2.40. The van der Waals surface area contributed by atoms with E-state index in [-0.39, 0.29) is 0 Å². The Balaban J connectivity index is 0.000000569. The van der Waals surface area contributed by atoms with E-state index in [2.05, 4.69) is 23.5 Å². The van der Waals surface area contributed by atoms with Crippen LogP contribution in [0.2, 0.25) is 0 Å². The molecule has 0 atom stereocenters. The first kappa shape index (κ1) is 25.2. The van der Waals surface area contributed by atoms with Crippen molar-refractivity contribution in [3.05, 3.63) is 83.9 Å². The van der Waals surface area contributed by atoms with Gasteiger partial charge in [0.25, 0.3) is 0 Å². The number of para-hydroxylation sites is 1. The molecule has 0 heterocycles. The SMILES string of the molecule is COc1ccc(CCNCc2cccc(Oc3ccccc3)c2)cc1OC.O=C(O)C(=O)O. The summed E-state index contributed by atoms with van der Waals surface area (Å²) in [5, 5.41) is 18.3. The standard InChI is InChI=1S/C23H25NO3.C2H2O4/c1-25-22-12-11-18(16-23(22)26-2)13-14-24-17-19-7-6-10-21(15-19)27-20-8-4-3-5-9-20;3-1(4)2(5)6/h3-12,15-16,24H,13-14,17H2,1-2H3;(H,3,4)(H,5,6). The van der Waals surface area contributed by atoms with Gasteiger partial charge < -0.3 is 29.7 Å². The molecule has 0 aliphatic heterocycles. The second kappa shape index (κ2) is 13.4. The molecule has 0 aliphatic carbocycles. The van der Waals surface area contributed by atoms with Crippen LogP contribution in [0.25, 0.3) is 0 Å². The Kier molecular flexibility index (Phi) is 10.2. The second-order valence-electron chi connectivity index (χ2n) is 6.79. The summed E-state index contributed by atoms with van der Waals surface area (Å²) in [6, 6.07) is 24.0. The Bertz CT molecular complexity index is 1030. The zero-order valence-corrected chi connectivity index (χ0v) is 18.5. The highest BCUT2D eigenvalue weighted by atomic mass is 16.5. The Morgan fingerprint density at radius 3 is 2.06 bits per heavy atom. The quantitative estimate of drug-likeness (QED) is 0.329. The summed E-state index contributed by atoms with van der Waals surface area (Å²) in [5.74, 6) is -0.438. The Hall–Kier alpha value is -4.04. The normalized spacial score (nSPS) is 9.88. The van der Waals surface area contributed by atoms with Gasteiger partial charge in [0, 0.05) is 6.54 Å². The molecule has 3 rings (SSSR count).